The zero-order valence-electron chi connectivity index (χ0n) is 10.8. The second kappa shape index (κ2) is 5.71. The normalized spacial score (nSPS) is 10.1. The van der Waals surface area contributed by atoms with Crippen LogP contribution in [0.1, 0.15) is 10.4 Å². The summed E-state index contributed by atoms with van der Waals surface area (Å²) in [4.78, 5) is 11.2. The van der Waals surface area contributed by atoms with Gasteiger partial charge in [0, 0.05) is 10.6 Å². The van der Waals surface area contributed by atoms with Crippen LogP contribution in [0, 0.1) is 0 Å². The Morgan fingerprint density at radius 3 is 2.60 bits per heavy atom. The maximum atomic E-state index is 11.2. The molecule has 2 aromatic rings. The second-order valence-corrected chi connectivity index (χ2v) is 4.57. The summed E-state index contributed by atoms with van der Waals surface area (Å²) in [6.07, 6.45) is 0. The Bertz CT molecular complexity index is 659. The monoisotopic (exact) mass is 291 g/mol. The van der Waals surface area contributed by atoms with Crippen LogP contribution in [-0.2, 0) is 0 Å². The van der Waals surface area contributed by atoms with Gasteiger partial charge in [0.05, 0.1) is 24.2 Å². The molecule has 5 N–H and O–H groups in total. The third kappa shape index (κ3) is 2.95. The zero-order chi connectivity index (χ0) is 14.7. The molecule has 2 rings (SSSR count). The van der Waals surface area contributed by atoms with Gasteiger partial charge in [0.25, 0.3) is 0 Å². The Morgan fingerprint density at radius 2 is 1.95 bits per heavy atom. The molecule has 0 unspecified atom stereocenters. The number of rotatable bonds is 4. The first-order valence-corrected chi connectivity index (χ1v) is 6.19. The van der Waals surface area contributed by atoms with E-state index >= 15 is 0 Å². The number of ether oxygens (including phenoxy) is 1. The van der Waals surface area contributed by atoms with E-state index in [1.807, 2.05) is 0 Å². The van der Waals surface area contributed by atoms with Crippen LogP contribution in [0.25, 0.3) is 0 Å². The van der Waals surface area contributed by atoms with Crippen molar-refractivity contribution >= 4 is 34.6 Å². The molecule has 104 valence electrons. The minimum Gasteiger partial charge on any atom is -0.495 e. The first-order chi connectivity index (χ1) is 9.51. The summed E-state index contributed by atoms with van der Waals surface area (Å²) in [5.74, 6) is 0.0874. The summed E-state index contributed by atoms with van der Waals surface area (Å²) in [6, 6.07) is 9.92. The van der Waals surface area contributed by atoms with Gasteiger partial charge in [0.15, 0.2) is 0 Å². The largest absolute Gasteiger partial charge is 0.495 e. The lowest BCUT2D eigenvalue weighted by Gasteiger charge is -2.14. The predicted molar refractivity (Wildman–Crippen MR) is 80.7 cm³/mol. The van der Waals surface area contributed by atoms with Crippen LogP contribution in [0.4, 0.5) is 17.1 Å². The van der Waals surface area contributed by atoms with Crippen molar-refractivity contribution in [1.29, 1.82) is 0 Å². The van der Waals surface area contributed by atoms with Crippen molar-refractivity contribution in [1.82, 2.24) is 0 Å². The van der Waals surface area contributed by atoms with Crippen LogP contribution in [-0.4, -0.2) is 13.0 Å². The lowest BCUT2D eigenvalue weighted by Crippen LogP contribution is -2.11. The van der Waals surface area contributed by atoms with Crippen molar-refractivity contribution in [2.45, 2.75) is 0 Å². The molecule has 2 aromatic carbocycles. The summed E-state index contributed by atoms with van der Waals surface area (Å²) in [7, 11) is 1.55. The highest BCUT2D eigenvalue weighted by Crippen LogP contribution is 2.32. The number of anilines is 3. The fourth-order valence-corrected chi connectivity index (χ4v) is 1.91. The first kappa shape index (κ1) is 14.0. The van der Waals surface area contributed by atoms with E-state index in [-0.39, 0.29) is 0 Å². The quantitative estimate of drug-likeness (QED) is 0.756. The number of amides is 1. The topological polar surface area (TPSA) is 90.4 Å². The molecule has 0 atom stereocenters. The van der Waals surface area contributed by atoms with E-state index < -0.39 is 5.91 Å². The highest BCUT2D eigenvalue weighted by molar-refractivity contribution is 6.31. The Kier molecular flexibility index (Phi) is 4.00. The van der Waals surface area contributed by atoms with E-state index in [0.29, 0.717) is 33.4 Å². The average molecular weight is 292 g/mol. The fraction of sp³-hybridized carbons (Fsp3) is 0.0714. The Balaban J connectivity index is 2.41. The van der Waals surface area contributed by atoms with Gasteiger partial charge in [-0.15, -0.1) is 0 Å². The fourth-order valence-electron chi connectivity index (χ4n) is 1.74. The molecule has 0 aliphatic carbocycles. The van der Waals surface area contributed by atoms with Gasteiger partial charge in [0.2, 0.25) is 5.91 Å². The summed E-state index contributed by atoms with van der Waals surface area (Å²) in [6.45, 7) is 0. The lowest BCUT2D eigenvalue weighted by atomic mass is 10.1. The minimum absolute atomic E-state index is 0.364. The van der Waals surface area contributed by atoms with E-state index in [1.54, 1.807) is 43.5 Å². The number of hydrogen-bond acceptors (Lipinski definition) is 4. The minimum atomic E-state index is -0.522. The van der Waals surface area contributed by atoms with Gasteiger partial charge in [-0.25, -0.2) is 0 Å². The number of nitrogens with one attached hydrogen (secondary N) is 1. The van der Waals surface area contributed by atoms with Gasteiger partial charge in [-0.3, -0.25) is 4.79 Å². The number of halogens is 1. The van der Waals surface area contributed by atoms with Crippen molar-refractivity contribution < 1.29 is 9.53 Å². The number of nitrogens with two attached hydrogens (primary N) is 2. The third-order valence-corrected chi connectivity index (χ3v) is 3.00. The predicted octanol–water partition coefficient (Wildman–Crippen LogP) is 2.77. The van der Waals surface area contributed by atoms with E-state index in [2.05, 4.69) is 5.32 Å². The summed E-state index contributed by atoms with van der Waals surface area (Å²) in [5.41, 5.74) is 13.2. The number of carbonyl (C=O) groups is 1. The highest BCUT2D eigenvalue weighted by Gasteiger charge is 2.09. The Hall–Kier alpha value is -2.40. The maximum absolute atomic E-state index is 11.2. The van der Waals surface area contributed by atoms with Crippen LogP contribution < -0.4 is 21.5 Å². The number of nitrogen functional groups attached to an aromatic ring is 1. The SMILES string of the molecule is COc1ccc(Cl)cc1Nc1cc(C(N)=O)ccc1N. The van der Waals surface area contributed by atoms with Crippen molar-refractivity contribution in [3.63, 3.8) is 0 Å². The van der Waals surface area contributed by atoms with E-state index in [0.717, 1.165) is 0 Å². The molecule has 0 fully saturated rings. The molecule has 0 aliphatic heterocycles. The van der Waals surface area contributed by atoms with Gasteiger partial charge < -0.3 is 21.5 Å². The average Bonchev–Trinajstić information content (AvgIpc) is 2.41. The van der Waals surface area contributed by atoms with Crippen LogP contribution >= 0.6 is 11.6 Å². The number of carbonyl (C=O) groups excluding carboxylic acids is 1. The van der Waals surface area contributed by atoms with Crippen LogP contribution in [0.3, 0.4) is 0 Å². The van der Waals surface area contributed by atoms with Gasteiger partial charge in [-0.1, -0.05) is 11.6 Å². The van der Waals surface area contributed by atoms with Gasteiger partial charge in [-0.2, -0.15) is 0 Å². The molecule has 6 heteroatoms. The van der Waals surface area contributed by atoms with E-state index in [4.69, 9.17) is 27.8 Å². The number of methoxy groups -OCH3 is 1. The van der Waals surface area contributed by atoms with Gasteiger partial charge in [0.1, 0.15) is 5.75 Å². The van der Waals surface area contributed by atoms with Gasteiger partial charge >= 0.3 is 0 Å². The first-order valence-electron chi connectivity index (χ1n) is 5.81. The molecule has 0 saturated carbocycles. The molecule has 0 spiro atoms. The molecular formula is C14H14ClN3O2. The second-order valence-electron chi connectivity index (χ2n) is 4.14. The van der Waals surface area contributed by atoms with Crippen LogP contribution in [0.5, 0.6) is 5.75 Å². The molecule has 20 heavy (non-hydrogen) atoms. The molecule has 0 aliphatic rings. The Morgan fingerprint density at radius 1 is 1.20 bits per heavy atom. The van der Waals surface area contributed by atoms with Crippen molar-refractivity contribution in [2.24, 2.45) is 5.73 Å². The van der Waals surface area contributed by atoms with Crippen molar-refractivity contribution in [3.8, 4) is 5.75 Å². The zero-order valence-corrected chi connectivity index (χ0v) is 11.6. The van der Waals surface area contributed by atoms with E-state index in [9.17, 15) is 4.79 Å². The van der Waals surface area contributed by atoms with Crippen LogP contribution in [0.15, 0.2) is 36.4 Å². The number of hydrogen-bond donors (Lipinski definition) is 3. The lowest BCUT2D eigenvalue weighted by molar-refractivity contribution is 0.100. The summed E-state index contributed by atoms with van der Waals surface area (Å²) < 4.78 is 5.24. The maximum Gasteiger partial charge on any atom is 0.248 e. The molecule has 0 heterocycles. The molecule has 1 amide bonds. The molecule has 0 radical (unpaired) electrons. The number of benzene rings is 2. The molecular weight excluding hydrogens is 278 g/mol. The molecule has 5 nitrogen and oxygen atoms in total. The van der Waals surface area contributed by atoms with E-state index in [1.165, 1.54) is 0 Å². The van der Waals surface area contributed by atoms with Crippen molar-refractivity contribution in [2.75, 3.05) is 18.2 Å². The van der Waals surface area contributed by atoms with Crippen LogP contribution in [0.2, 0.25) is 5.02 Å². The molecule has 0 saturated heterocycles. The molecule has 0 bridgehead atoms. The number of primary amides is 1. The highest BCUT2D eigenvalue weighted by atomic mass is 35.5. The standard InChI is InChI=1S/C14H14ClN3O2/c1-20-13-5-3-9(15)7-12(13)18-11-6-8(14(17)19)2-4-10(11)16/h2-7,18H,16H2,1H3,(H2,17,19). The summed E-state index contributed by atoms with van der Waals surface area (Å²) >= 11 is 5.96. The smallest absolute Gasteiger partial charge is 0.248 e. The third-order valence-electron chi connectivity index (χ3n) is 2.77. The van der Waals surface area contributed by atoms with Crippen molar-refractivity contribution in [3.05, 3.63) is 47.0 Å². The Labute approximate surface area is 121 Å². The van der Waals surface area contributed by atoms with Gasteiger partial charge in [-0.05, 0) is 36.4 Å². The molecule has 0 aromatic heterocycles. The summed E-state index contributed by atoms with van der Waals surface area (Å²) in [5, 5.41) is 3.64.